The summed E-state index contributed by atoms with van der Waals surface area (Å²) in [5.74, 6) is -0.670. The van der Waals surface area contributed by atoms with Gasteiger partial charge < -0.3 is 15.2 Å². The highest BCUT2D eigenvalue weighted by atomic mass is 16.5. The topological polar surface area (TPSA) is 75.6 Å². The smallest absolute Gasteiger partial charge is 0.310 e. The van der Waals surface area contributed by atoms with Crippen molar-refractivity contribution in [3.8, 4) is 5.75 Å². The molecule has 0 aromatic heterocycles. The molecule has 1 rings (SSSR count). The van der Waals surface area contributed by atoms with E-state index in [2.05, 4.69) is 5.32 Å². The molecule has 1 aromatic rings. The van der Waals surface area contributed by atoms with Crippen molar-refractivity contribution in [2.45, 2.75) is 20.8 Å². The molecular weight excluding hydrogens is 246 g/mol. The molecule has 19 heavy (non-hydrogen) atoms. The third-order valence-corrected chi connectivity index (χ3v) is 2.67. The Kier molecular flexibility index (Phi) is 4.92. The first-order valence-electron chi connectivity index (χ1n) is 6.01. The molecule has 104 valence electrons. The average molecular weight is 265 g/mol. The van der Waals surface area contributed by atoms with Crippen LogP contribution in [0, 0.1) is 12.3 Å². The molecule has 0 saturated carbocycles. The molecule has 0 radical (unpaired) electrons. The van der Waals surface area contributed by atoms with Crippen molar-refractivity contribution in [3.63, 3.8) is 0 Å². The predicted octanol–water partition coefficient (Wildman–Crippen LogP) is 1.60. The second-order valence-corrected chi connectivity index (χ2v) is 5.07. The van der Waals surface area contributed by atoms with Crippen molar-refractivity contribution in [3.05, 3.63) is 29.8 Å². The van der Waals surface area contributed by atoms with Crippen LogP contribution in [0.15, 0.2) is 24.3 Å². The van der Waals surface area contributed by atoms with Crippen LogP contribution in [0.3, 0.4) is 0 Å². The Balaban J connectivity index is 2.39. The van der Waals surface area contributed by atoms with Gasteiger partial charge in [-0.1, -0.05) is 12.1 Å². The van der Waals surface area contributed by atoms with E-state index in [0.717, 1.165) is 5.56 Å². The summed E-state index contributed by atoms with van der Waals surface area (Å²) in [4.78, 5) is 22.4. The molecule has 1 amide bonds. The van der Waals surface area contributed by atoms with Crippen LogP contribution in [-0.4, -0.2) is 30.1 Å². The van der Waals surface area contributed by atoms with Gasteiger partial charge in [-0.15, -0.1) is 0 Å². The SMILES string of the molecule is Cc1cccc(OCC(=O)NCC(C)(C)C(=O)O)c1. The lowest BCUT2D eigenvalue weighted by molar-refractivity contribution is -0.146. The highest BCUT2D eigenvalue weighted by Crippen LogP contribution is 2.14. The summed E-state index contributed by atoms with van der Waals surface area (Å²) in [6.45, 7) is 4.98. The summed E-state index contributed by atoms with van der Waals surface area (Å²) < 4.78 is 5.31. The zero-order chi connectivity index (χ0) is 14.5. The third kappa shape index (κ3) is 4.99. The van der Waals surface area contributed by atoms with Gasteiger partial charge in [-0.2, -0.15) is 0 Å². The molecule has 5 heteroatoms. The Morgan fingerprint density at radius 1 is 1.37 bits per heavy atom. The number of carbonyl (C=O) groups is 2. The third-order valence-electron chi connectivity index (χ3n) is 2.67. The van der Waals surface area contributed by atoms with Crippen LogP contribution in [0.2, 0.25) is 0 Å². The molecule has 0 spiro atoms. The number of ether oxygens (including phenoxy) is 1. The minimum Gasteiger partial charge on any atom is -0.484 e. The van der Waals surface area contributed by atoms with Gasteiger partial charge in [-0.25, -0.2) is 0 Å². The number of hydrogen-bond donors (Lipinski definition) is 2. The van der Waals surface area contributed by atoms with Gasteiger partial charge >= 0.3 is 5.97 Å². The van der Waals surface area contributed by atoms with Gasteiger partial charge in [0, 0.05) is 6.54 Å². The number of carbonyl (C=O) groups excluding carboxylic acids is 1. The molecule has 0 bridgehead atoms. The van der Waals surface area contributed by atoms with Gasteiger partial charge in [0.05, 0.1) is 5.41 Å². The average Bonchev–Trinajstić information content (AvgIpc) is 2.34. The highest BCUT2D eigenvalue weighted by Gasteiger charge is 2.27. The number of aryl methyl sites for hydroxylation is 1. The first-order valence-corrected chi connectivity index (χ1v) is 6.01. The quantitative estimate of drug-likeness (QED) is 0.819. The maximum absolute atomic E-state index is 11.5. The van der Waals surface area contributed by atoms with Gasteiger partial charge in [0.15, 0.2) is 6.61 Å². The normalized spacial score (nSPS) is 10.9. The van der Waals surface area contributed by atoms with E-state index >= 15 is 0 Å². The van der Waals surface area contributed by atoms with E-state index in [9.17, 15) is 9.59 Å². The van der Waals surface area contributed by atoms with Gasteiger partial charge in [0.2, 0.25) is 0 Å². The van der Waals surface area contributed by atoms with Gasteiger partial charge in [-0.3, -0.25) is 9.59 Å². The summed E-state index contributed by atoms with van der Waals surface area (Å²) in [5, 5.41) is 11.5. The molecule has 2 N–H and O–H groups in total. The molecule has 1 aromatic carbocycles. The van der Waals surface area contributed by atoms with Gasteiger partial charge in [0.25, 0.3) is 5.91 Å². The van der Waals surface area contributed by atoms with E-state index in [-0.39, 0.29) is 19.1 Å². The van der Waals surface area contributed by atoms with Crippen molar-refractivity contribution in [2.24, 2.45) is 5.41 Å². The Bertz CT molecular complexity index is 468. The molecule has 0 saturated heterocycles. The molecule has 0 aliphatic heterocycles. The van der Waals surface area contributed by atoms with Crippen molar-refractivity contribution < 1.29 is 19.4 Å². The van der Waals surface area contributed by atoms with E-state index < -0.39 is 11.4 Å². The molecule has 0 atom stereocenters. The second-order valence-electron chi connectivity index (χ2n) is 5.07. The maximum Gasteiger partial charge on any atom is 0.310 e. The van der Waals surface area contributed by atoms with Crippen LogP contribution in [0.4, 0.5) is 0 Å². The first-order chi connectivity index (χ1) is 8.81. The molecule has 0 unspecified atom stereocenters. The highest BCUT2D eigenvalue weighted by molar-refractivity contribution is 5.79. The van der Waals surface area contributed by atoms with E-state index in [0.29, 0.717) is 5.75 Å². The monoisotopic (exact) mass is 265 g/mol. The standard InChI is InChI=1S/C14H19NO4/c1-10-5-4-6-11(7-10)19-8-12(16)15-9-14(2,3)13(17)18/h4-7H,8-9H2,1-3H3,(H,15,16)(H,17,18). The second kappa shape index (κ2) is 6.22. The summed E-state index contributed by atoms with van der Waals surface area (Å²) in [5.41, 5.74) is 0.0591. The van der Waals surface area contributed by atoms with E-state index in [4.69, 9.17) is 9.84 Å². The summed E-state index contributed by atoms with van der Waals surface area (Å²) in [6, 6.07) is 7.37. The number of aliphatic carboxylic acids is 1. The van der Waals surface area contributed by atoms with Gasteiger partial charge in [-0.05, 0) is 38.5 Å². The number of benzene rings is 1. The zero-order valence-corrected chi connectivity index (χ0v) is 11.4. The van der Waals surface area contributed by atoms with E-state index in [1.165, 1.54) is 0 Å². The fraction of sp³-hybridized carbons (Fsp3) is 0.429. The fourth-order valence-corrected chi connectivity index (χ4v) is 1.30. The largest absolute Gasteiger partial charge is 0.484 e. The van der Waals surface area contributed by atoms with Gasteiger partial charge in [0.1, 0.15) is 5.75 Å². The fourth-order valence-electron chi connectivity index (χ4n) is 1.30. The maximum atomic E-state index is 11.5. The number of rotatable bonds is 6. The molecule has 0 heterocycles. The number of amides is 1. The van der Waals surface area contributed by atoms with Crippen molar-refractivity contribution >= 4 is 11.9 Å². The van der Waals surface area contributed by atoms with Crippen LogP contribution < -0.4 is 10.1 Å². The summed E-state index contributed by atoms with van der Waals surface area (Å²) in [7, 11) is 0. The first kappa shape index (κ1) is 15.0. The molecule has 0 aliphatic rings. The molecular formula is C14H19NO4. The predicted molar refractivity (Wildman–Crippen MR) is 71.1 cm³/mol. The van der Waals surface area contributed by atoms with Crippen molar-refractivity contribution in [1.82, 2.24) is 5.32 Å². The van der Waals surface area contributed by atoms with Crippen molar-refractivity contribution in [1.29, 1.82) is 0 Å². The van der Waals surface area contributed by atoms with Crippen LogP contribution >= 0.6 is 0 Å². The van der Waals surface area contributed by atoms with Crippen LogP contribution in [-0.2, 0) is 9.59 Å². The van der Waals surface area contributed by atoms with Crippen LogP contribution in [0.25, 0.3) is 0 Å². The Morgan fingerprint density at radius 3 is 2.63 bits per heavy atom. The lowest BCUT2D eigenvalue weighted by atomic mass is 9.94. The Hall–Kier alpha value is -2.04. The van der Waals surface area contributed by atoms with Crippen LogP contribution in [0.5, 0.6) is 5.75 Å². The van der Waals surface area contributed by atoms with E-state index in [1.54, 1.807) is 19.9 Å². The Labute approximate surface area is 112 Å². The lowest BCUT2D eigenvalue weighted by Gasteiger charge is -2.19. The van der Waals surface area contributed by atoms with Crippen molar-refractivity contribution in [2.75, 3.05) is 13.2 Å². The molecule has 0 aliphatic carbocycles. The number of hydrogen-bond acceptors (Lipinski definition) is 3. The Morgan fingerprint density at radius 2 is 2.05 bits per heavy atom. The van der Waals surface area contributed by atoms with Crippen LogP contribution in [0.1, 0.15) is 19.4 Å². The summed E-state index contributed by atoms with van der Waals surface area (Å²) >= 11 is 0. The van der Waals surface area contributed by atoms with E-state index in [1.807, 2.05) is 25.1 Å². The molecule has 5 nitrogen and oxygen atoms in total. The lowest BCUT2D eigenvalue weighted by Crippen LogP contribution is -2.40. The number of nitrogens with one attached hydrogen (secondary N) is 1. The number of carboxylic acids is 1. The minimum atomic E-state index is -0.987. The minimum absolute atomic E-state index is 0.0678. The zero-order valence-electron chi connectivity index (χ0n) is 11.4. The molecule has 0 fully saturated rings. The summed E-state index contributed by atoms with van der Waals surface area (Å²) in [6.07, 6.45) is 0. The number of carboxylic acid groups (broad SMARTS) is 1.